The van der Waals surface area contributed by atoms with E-state index < -0.39 is 0 Å². The Labute approximate surface area is 174 Å². The van der Waals surface area contributed by atoms with E-state index in [0.29, 0.717) is 29.7 Å². The molecule has 30 heavy (non-hydrogen) atoms. The van der Waals surface area contributed by atoms with E-state index in [4.69, 9.17) is 0 Å². The molecule has 3 amide bonds. The molecule has 150 valence electrons. The largest absolute Gasteiger partial charge is 0.341 e. The van der Waals surface area contributed by atoms with Crippen molar-refractivity contribution in [1.29, 1.82) is 0 Å². The summed E-state index contributed by atoms with van der Waals surface area (Å²) >= 11 is 0. The van der Waals surface area contributed by atoms with Gasteiger partial charge in [-0.1, -0.05) is 30.3 Å². The monoisotopic (exact) mass is 399 g/mol. The van der Waals surface area contributed by atoms with Crippen LogP contribution < -0.4 is 0 Å². The number of fused-ring (bicyclic) bond motifs is 1. The summed E-state index contributed by atoms with van der Waals surface area (Å²) in [5.41, 5.74) is 3.02. The normalized spacial score (nSPS) is 12.8. The molecule has 6 nitrogen and oxygen atoms in total. The first kappa shape index (κ1) is 19.5. The van der Waals surface area contributed by atoms with Gasteiger partial charge in [-0.15, -0.1) is 0 Å². The van der Waals surface area contributed by atoms with Crippen molar-refractivity contribution < 1.29 is 14.4 Å². The van der Waals surface area contributed by atoms with Gasteiger partial charge in [0.25, 0.3) is 17.7 Å². The maximum atomic E-state index is 12.8. The van der Waals surface area contributed by atoms with Gasteiger partial charge >= 0.3 is 0 Å². The third-order valence-corrected chi connectivity index (χ3v) is 5.17. The molecule has 4 rings (SSSR count). The molecule has 0 saturated carbocycles. The molecule has 0 N–H and O–H groups in total. The number of carbonyl (C=O) groups excluding carboxylic acids is 3. The Hall–Kier alpha value is -3.80. The number of hydrogen-bond donors (Lipinski definition) is 0. The third kappa shape index (κ3) is 3.85. The van der Waals surface area contributed by atoms with Gasteiger partial charge in [0.05, 0.1) is 17.7 Å². The number of carbonyl (C=O) groups is 3. The maximum Gasteiger partial charge on any atom is 0.261 e. The zero-order valence-electron chi connectivity index (χ0n) is 16.6. The zero-order valence-corrected chi connectivity index (χ0v) is 16.6. The highest BCUT2D eigenvalue weighted by Crippen LogP contribution is 2.24. The Balaban J connectivity index is 1.44. The van der Waals surface area contributed by atoms with Crippen LogP contribution in [-0.4, -0.2) is 46.1 Å². The van der Waals surface area contributed by atoms with Gasteiger partial charge in [-0.2, -0.15) is 0 Å². The first-order valence-corrected chi connectivity index (χ1v) is 9.74. The van der Waals surface area contributed by atoms with Crippen molar-refractivity contribution >= 4 is 17.7 Å². The van der Waals surface area contributed by atoms with Gasteiger partial charge in [0, 0.05) is 37.5 Å². The standard InChI is InChI=1S/C24H21N3O3/c1-26(14-12-19-9-4-5-13-25-19)22(28)18-8-6-7-17(15-18)16-27-23(29)20-10-2-3-11-21(20)24(27)30/h2-11,13,15H,12,14,16H2,1H3. The first-order chi connectivity index (χ1) is 14.5. The Kier molecular flexibility index (Phi) is 5.39. The van der Waals surface area contributed by atoms with Crippen molar-refractivity contribution in [3.63, 3.8) is 0 Å². The van der Waals surface area contributed by atoms with Gasteiger partial charge in [0.15, 0.2) is 0 Å². The summed E-state index contributed by atoms with van der Waals surface area (Å²) in [6.07, 6.45) is 2.40. The van der Waals surface area contributed by atoms with Crippen LogP contribution in [0.15, 0.2) is 72.9 Å². The minimum Gasteiger partial charge on any atom is -0.341 e. The summed E-state index contributed by atoms with van der Waals surface area (Å²) in [5, 5.41) is 0. The van der Waals surface area contributed by atoms with Crippen LogP contribution in [0.1, 0.15) is 42.3 Å². The van der Waals surface area contributed by atoms with Crippen LogP contribution in [0.3, 0.4) is 0 Å². The summed E-state index contributed by atoms with van der Waals surface area (Å²) in [5.74, 6) is -0.727. The van der Waals surface area contributed by atoms with Crippen molar-refractivity contribution in [2.45, 2.75) is 13.0 Å². The van der Waals surface area contributed by atoms with Crippen molar-refractivity contribution in [3.05, 3.63) is 101 Å². The molecule has 1 aliphatic rings. The smallest absolute Gasteiger partial charge is 0.261 e. The van der Waals surface area contributed by atoms with Crippen LogP contribution in [0.5, 0.6) is 0 Å². The highest BCUT2D eigenvalue weighted by Gasteiger charge is 2.35. The second-order valence-electron chi connectivity index (χ2n) is 7.24. The minimum atomic E-state index is -0.306. The number of nitrogens with zero attached hydrogens (tertiary/aromatic N) is 3. The lowest BCUT2D eigenvalue weighted by molar-refractivity contribution is 0.0642. The van der Waals surface area contributed by atoms with Gasteiger partial charge in [0.1, 0.15) is 0 Å². The van der Waals surface area contributed by atoms with Crippen LogP contribution in [0, 0.1) is 0 Å². The SMILES string of the molecule is CN(CCc1ccccn1)C(=O)c1cccc(CN2C(=O)c3ccccc3C2=O)c1. The maximum absolute atomic E-state index is 12.8. The molecule has 0 radical (unpaired) electrons. The van der Waals surface area contributed by atoms with Crippen LogP contribution in [0.25, 0.3) is 0 Å². The van der Waals surface area contributed by atoms with E-state index in [-0.39, 0.29) is 24.3 Å². The average molecular weight is 399 g/mol. The first-order valence-electron chi connectivity index (χ1n) is 9.74. The van der Waals surface area contributed by atoms with Crippen molar-refractivity contribution in [3.8, 4) is 0 Å². The predicted octanol–water partition coefficient (Wildman–Crippen LogP) is 3.19. The molecule has 0 atom stereocenters. The van der Waals surface area contributed by atoms with E-state index in [0.717, 1.165) is 11.3 Å². The second-order valence-corrected chi connectivity index (χ2v) is 7.24. The van der Waals surface area contributed by atoms with Crippen LogP contribution in [0.4, 0.5) is 0 Å². The molecule has 6 heteroatoms. The van der Waals surface area contributed by atoms with E-state index in [9.17, 15) is 14.4 Å². The molecule has 2 heterocycles. The molecule has 0 unspecified atom stereocenters. The van der Waals surface area contributed by atoms with Crippen LogP contribution >= 0.6 is 0 Å². The number of rotatable bonds is 6. The van der Waals surface area contributed by atoms with Gasteiger partial charge < -0.3 is 4.90 Å². The fourth-order valence-electron chi connectivity index (χ4n) is 3.52. The number of aromatic nitrogens is 1. The van der Waals surface area contributed by atoms with E-state index in [1.54, 1.807) is 60.6 Å². The predicted molar refractivity (Wildman–Crippen MR) is 112 cm³/mol. The number of pyridine rings is 1. The number of likely N-dealkylation sites (N-methyl/N-ethyl adjacent to an activating group) is 1. The summed E-state index contributed by atoms with van der Waals surface area (Å²) < 4.78 is 0. The lowest BCUT2D eigenvalue weighted by Gasteiger charge is -2.18. The lowest BCUT2D eigenvalue weighted by Crippen LogP contribution is -2.30. The summed E-state index contributed by atoms with van der Waals surface area (Å²) in [6, 6.07) is 19.6. The van der Waals surface area contributed by atoms with Crippen molar-refractivity contribution in [2.75, 3.05) is 13.6 Å². The van der Waals surface area contributed by atoms with E-state index >= 15 is 0 Å². The second kappa shape index (κ2) is 8.29. The molecule has 0 aliphatic carbocycles. The molecule has 2 aromatic carbocycles. The van der Waals surface area contributed by atoms with Gasteiger partial charge in [-0.25, -0.2) is 0 Å². The van der Waals surface area contributed by atoms with Crippen LogP contribution in [-0.2, 0) is 13.0 Å². The molecule has 1 aliphatic heterocycles. The molecule has 3 aromatic rings. The Morgan fingerprint density at radius 2 is 1.63 bits per heavy atom. The summed E-state index contributed by atoms with van der Waals surface area (Å²) in [7, 11) is 1.75. The Morgan fingerprint density at radius 1 is 0.933 bits per heavy atom. The molecule has 0 saturated heterocycles. The average Bonchev–Trinajstić information content (AvgIpc) is 3.03. The topological polar surface area (TPSA) is 70.6 Å². The third-order valence-electron chi connectivity index (χ3n) is 5.17. The minimum absolute atomic E-state index is 0.116. The quantitative estimate of drug-likeness (QED) is 0.597. The van der Waals surface area contributed by atoms with Gasteiger partial charge in [-0.3, -0.25) is 24.3 Å². The van der Waals surface area contributed by atoms with E-state index in [1.807, 2.05) is 24.3 Å². The summed E-state index contributed by atoms with van der Waals surface area (Å²) in [4.78, 5) is 45.1. The molecule has 1 aromatic heterocycles. The molecular weight excluding hydrogens is 378 g/mol. The van der Waals surface area contributed by atoms with E-state index in [1.165, 1.54) is 4.90 Å². The van der Waals surface area contributed by atoms with Crippen molar-refractivity contribution in [2.24, 2.45) is 0 Å². The van der Waals surface area contributed by atoms with Crippen LogP contribution in [0.2, 0.25) is 0 Å². The summed E-state index contributed by atoms with van der Waals surface area (Å²) in [6.45, 7) is 0.670. The number of benzene rings is 2. The Bertz CT molecular complexity index is 1080. The highest BCUT2D eigenvalue weighted by atomic mass is 16.2. The van der Waals surface area contributed by atoms with E-state index in [2.05, 4.69) is 4.98 Å². The fraction of sp³-hybridized carbons (Fsp3) is 0.167. The molecule has 0 fully saturated rings. The van der Waals surface area contributed by atoms with Crippen molar-refractivity contribution in [1.82, 2.24) is 14.8 Å². The zero-order chi connectivity index (χ0) is 21.1. The number of hydrogen-bond acceptors (Lipinski definition) is 4. The van der Waals surface area contributed by atoms with Gasteiger partial charge in [-0.05, 0) is 42.0 Å². The Morgan fingerprint density at radius 3 is 2.30 bits per heavy atom. The number of imide groups is 1. The molecule has 0 spiro atoms. The molecule has 0 bridgehead atoms. The highest BCUT2D eigenvalue weighted by molar-refractivity contribution is 6.21. The van der Waals surface area contributed by atoms with Gasteiger partial charge in [0.2, 0.25) is 0 Å². The molecular formula is C24H21N3O3. The lowest BCUT2D eigenvalue weighted by atomic mass is 10.1. The fourth-order valence-corrected chi connectivity index (χ4v) is 3.52. The number of amides is 3.